The van der Waals surface area contributed by atoms with Crippen molar-refractivity contribution in [1.29, 1.82) is 5.26 Å². The van der Waals surface area contributed by atoms with Crippen LogP contribution in [-0.4, -0.2) is 140 Å². The number of aromatic nitrogens is 3. The molecule has 0 spiro atoms. The monoisotopic (exact) mass is 1360 g/mol. The molecule has 0 saturated heterocycles. The molecule has 87 heavy (non-hydrogen) atoms. The van der Waals surface area contributed by atoms with Crippen LogP contribution in [0.2, 0.25) is 0 Å². The molecule has 5 aromatic carbocycles. The third-order valence-electron chi connectivity index (χ3n) is 11.0. The molecule has 0 saturated carbocycles. The van der Waals surface area contributed by atoms with Crippen molar-refractivity contribution in [2.45, 2.75) is 55.4 Å². The molecule has 32 nitrogen and oxygen atoms in total. The minimum atomic E-state index is -4.89. The first-order valence-corrected chi connectivity index (χ1v) is 33.2. The van der Waals surface area contributed by atoms with Crippen LogP contribution in [0, 0.1) is 25.2 Å². The van der Waals surface area contributed by atoms with Gasteiger partial charge < -0.3 is 19.7 Å². The summed E-state index contributed by atoms with van der Waals surface area (Å²) in [6.07, 6.45) is -0.176. The largest absolute Gasteiger partial charge is 0.493 e. The summed E-state index contributed by atoms with van der Waals surface area (Å²) < 4.78 is 196. The molecule has 0 radical (unpaired) electrons. The van der Waals surface area contributed by atoms with Gasteiger partial charge in [-0.05, 0) is 91.9 Å². The number of thioether (sulfide) groups is 1. The van der Waals surface area contributed by atoms with E-state index in [4.69, 9.17) is 30.0 Å². The van der Waals surface area contributed by atoms with E-state index in [2.05, 4.69) is 51.5 Å². The number of para-hydroxylation sites is 2. The molecule has 6 N–H and O–H groups in total. The predicted molar refractivity (Wildman–Crippen MR) is 314 cm³/mol. The smallest absolute Gasteiger partial charge is 0.425 e. The first-order valence-electron chi connectivity index (χ1n) is 23.3. The van der Waals surface area contributed by atoms with Gasteiger partial charge in [-0.1, -0.05) is 37.0 Å². The number of benzene rings is 5. The molecule has 0 aliphatic rings. The zero-order valence-corrected chi connectivity index (χ0v) is 50.9. The number of rotatable bonds is 19. The number of hydrogen-bond acceptors (Lipinski definition) is 29. The fourth-order valence-electron chi connectivity index (χ4n) is 7.48. The van der Waals surface area contributed by atoms with Gasteiger partial charge in [0.25, 0.3) is 40.5 Å². The number of aryl methyl sites for hydroxylation is 1. The fraction of sp³-hybridized carbons (Fsp3) is 0.255. The van der Waals surface area contributed by atoms with Gasteiger partial charge >= 0.3 is 21.2 Å². The summed E-state index contributed by atoms with van der Waals surface area (Å²) in [5.41, 5.74) is 2.17. The molecule has 0 unspecified atom stereocenters. The summed E-state index contributed by atoms with van der Waals surface area (Å²) in [7, 11) is -21.2. The van der Waals surface area contributed by atoms with Crippen LogP contribution in [0.5, 0.6) is 11.6 Å². The molecule has 0 bridgehead atoms. The third kappa shape index (κ3) is 19.9. The Morgan fingerprint density at radius 3 is 1.92 bits per heavy atom. The number of fused-ring (bicyclic) bond motifs is 6. The normalized spacial score (nSPS) is 11.9. The molecule has 3 aromatic heterocycles. The van der Waals surface area contributed by atoms with E-state index in [1.807, 2.05) is 0 Å². The van der Waals surface area contributed by atoms with Crippen LogP contribution in [0.15, 0.2) is 118 Å². The number of aliphatic hydroxyl groups excluding tert-OH is 1. The van der Waals surface area contributed by atoms with E-state index in [1.165, 1.54) is 34.7 Å². The highest BCUT2D eigenvalue weighted by atomic mass is 32.2. The summed E-state index contributed by atoms with van der Waals surface area (Å²) in [6, 6.07) is 19.2. The standard InChI is InChI=1S/C44H38N10O15S6.C2H6O.CH4.2O3S/c1-23-15-33(50-52-39-24(2)29(21-45)42-46-30-7-3-4-8-35(30)54(42)43(39)56)36(69-11-5-13-72(57,58)59)19-31(23)48-51-34-16-26(22-55)32(20-37(34)70-12-6-14-73(60,61)62)49-53-44-47-40-38(75(66,67)68)17-25-9-10-27(74(63,64)65)18-28(25)41(40)71-44;1-3-2;;2*1-4(2)3/h3-4,7-10,15-20,55-56H,5-6,11-14,22H2,1-2H3,(H,57,58,59)(H,60,61,62)(H,63,64,65)(H,66,67,68);1-2H3;1H4;;. The summed E-state index contributed by atoms with van der Waals surface area (Å²) in [4.78, 5) is 7.93. The number of azo groups is 3. The average Bonchev–Trinajstić information content (AvgIpc) is 1.84. The second-order valence-electron chi connectivity index (χ2n) is 17.0. The number of nitriles is 1. The zero-order chi connectivity index (χ0) is 64.1. The van der Waals surface area contributed by atoms with Crippen molar-refractivity contribution in [2.24, 2.45) is 30.7 Å². The van der Waals surface area contributed by atoms with Crippen molar-refractivity contribution >= 4 is 156 Å². The maximum absolute atomic E-state index is 12.4. The lowest BCUT2D eigenvalue weighted by atomic mass is 10.1. The quantitative estimate of drug-likeness (QED) is 0.0191. The summed E-state index contributed by atoms with van der Waals surface area (Å²) in [5, 5.41) is 58.3. The van der Waals surface area contributed by atoms with Crippen molar-refractivity contribution in [1.82, 2.24) is 14.4 Å². The van der Waals surface area contributed by atoms with Crippen molar-refractivity contribution in [3.05, 3.63) is 95.1 Å². The molecule has 466 valence electrons. The Balaban J connectivity index is 0.00000125. The SMILES string of the molecule is C.COC.Cc1cc(N=Nc2c(C)c(C#N)c3nc4ccccc4n3c2O)c(OCCCS(=O)(=O)O)cc1N=Nc1cc(CO)c(N=Nc2nc3c(S(=O)(=O)O)cc4ccc(S(=O)(=O)O)cc4c3s2)cc1SCCCS(=O)(=O)O.O=S(=O)=O.O=S(=O)=O. The van der Waals surface area contributed by atoms with Crippen LogP contribution < -0.4 is 4.74 Å². The Labute approximate surface area is 506 Å². The summed E-state index contributed by atoms with van der Waals surface area (Å²) in [5.74, 6) is -1.48. The molecular formula is C47H48N10O22S8. The Morgan fingerprint density at radius 1 is 0.724 bits per heavy atom. The van der Waals surface area contributed by atoms with E-state index in [1.54, 1.807) is 52.3 Å². The fourth-order valence-corrected chi connectivity index (χ4v) is 11.8. The number of pyridine rings is 1. The van der Waals surface area contributed by atoms with Crippen LogP contribution in [0.4, 0.5) is 33.6 Å². The van der Waals surface area contributed by atoms with E-state index in [0.29, 0.717) is 21.5 Å². The summed E-state index contributed by atoms with van der Waals surface area (Å²) >= 11 is 1.84. The Hall–Kier alpha value is -7.76. The lowest BCUT2D eigenvalue weighted by Crippen LogP contribution is -2.08. The van der Waals surface area contributed by atoms with E-state index in [9.17, 15) is 67.4 Å². The van der Waals surface area contributed by atoms with Crippen molar-refractivity contribution in [2.75, 3.05) is 38.1 Å². The Morgan fingerprint density at radius 2 is 1.32 bits per heavy atom. The predicted octanol–water partition coefficient (Wildman–Crippen LogP) is 8.59. The van der Waals surface area contributed by atoms with Crippen LogP contribution in [0.1, 0.15) is 42.5 Å². The van der Waals surface area contributed by atoms with Crippen molar-refractivity contribution in [3.63, 3.8) is 0 Å². The number of methoxy groups -OCH3 is 1. The molecule has 8 rings (SSSR count). The van der Waals surface area contributed by atoms with Gasteiger partial charge in [-0.25, -0.2) is 9.97 Å². The Bertz CT molecular complexity index is 4750. The molecule has 8 aromatic rings. The summed E-state index contributed by atoms with van der Waals surface area (Å²) in [6.45, 7) is 2.30. The van der Waals surface area contributed by atoms with Gasteiger partial charge in [-0.3, -0.25) is 22.6 Å². The molecule has 0 aliphatic carbocycles. The maximum atomic E-state index is 12.4. The number of hydrogen-bond donors (Lipinski definition) is 6. The molecule has 0 fully saturated rings. The molecular weight excluding hydrogens is 1310 g/mol. The molecule has 3 heterocycles. The van der Waals surface area contributed by atoms with Gasteiger partial charge in [-0.2, -0.15) is 44.0 Å². The van der Waals surface area contributed by atoms with Gasteiger partial charge in [-0.15, -0.1) is 62.6 Å². The van der Waals surface area contributed by atoms with Gasteiger partial charge in [0.2, 0.25) is 11.0 Å². The van der Waals surface area contributed by atoms with Crippen molar-refractivity contribution < 1.29 is 96.8 Å². The number of ether oxygens (including phenoxy) is 2. The number of imidazole rings is 1. The van der Waals surface area contributed by atoms with Gasteiger partial charge in [0, 0.05) is 41.7 Å². The zero-order valence-electron chi connectivity index (χ0n) is 44.3. The van der Waals surface area contributed by atoms with Gasteiger partial charge in [0.15, 0.2) is 11.3 Å². The van der Waals surface area contributed by atoms with E-state index < -0.39 is 89.6 Å². The lowest BCUT2D eigenvalue weighted by Gasteiger charge is -2.12. The topological polar surface area (TPSA) is 507 Å². The molecule has 0 aliphatic heterocycles. The highest BCUT2D eigenvalue weighted by Gasteiger charge is 2.24. The second kappa shape index (κ2) is 30.7. The number of thiazole rings is 1. The van der Waals surface area contributed by atoms with Crippen LogP contribution >= 0.6 is 23.1 Å². The van der Waals surface area contributed by atoms with Crippen LogP contribution in [0.3, 0.4) is 0 Å². The Kier molecular flexibility index (Phi) is 25.3. The van der Waals surface area contributed by atoms with E-state index in [-0.39, 0.29) is 121 Å². The van der Waals surface area contributed by atoms with Crippen LogP contribution in [-0.2, 0) is 73.0 Å². The average molecular weight is 1360 g/mol. The first-order chi connectivity index (χ1) is 40.2. The minimum absolute atomic E-state index is 0. The van der Waals surface area contributed by atoms with E-state index in [0.717, 1.165) is 41.3 Å². The highest BCUT2D eigenvalue weighted by Crippen LogP contribution is 2.44. The molecule has 0 atom stereocenters. The molecule has 0 amide bonds. The molecule has 40 heteroatoms. The number of nitrogens with zero attached hydrogens (tertiary/aromatic N) is 10. The highest BCUT2D eigenvalue weighted by molar-refractivity contribution is 7.99. The number of aliphatic hydroxyl groups is 1. The minimum Gasteiger partial charge on any atom is -0.493 e. The third-order valence-corrected chi connectivity index (χ3v) is 16.4. The lowest BCUT2D eigenvalue weighted by molar-refractivity contribution is 0.277. The van der Waals surface area contributed by atoms with E-state index >= 15 is 0 Å². The van der Waals surface area contributed by atoms with Gasteiger partial charge in [0.05, 0.1) is 62.4 Å². The number of aromatic hydroxyl groups is 1. The second-order valence-corrected chi connectivity index (χ2v) is 25.9. The van der Waals surface area contributed by atoms with Gasteiger partial charge in [0.1, 0.15) is 33.5 Å². The maximum Gasteiger partial charge on any atom is 0.425 e. The first kappa shape index (κ1) is 71.7. The van der Waals surface area contributed by atoms with Crippen LogP contribution in [0.25, 0.3) is 37.7 Å². The van der Waals surface area contributed by atoms with Crippen molar-refractivity contribution in [3.8, 4) is 17.7 Å².